The van der Waals surface area contributed by atoms with Gasteiger partial charge in [-0.15, -0.1) is 0 Å². The molecule has 3 atom stereocenters. The molecule has 0 aromatic heterocycles. The van der Waals surface area contributed by atoms with E-state index in [1.54, 1.807) is 0 Å². The molecule has 3 aromatic carbocycles. The number of methoxy groups -OCH3 is 1. The van der Waals surface area contributed by atoms with Crippen LogP contribution in [0.15, 0.2) is 91.0 Å². The molecule has 1 N–H and O–H groups in total. The van der Waals surface area contributed by atoms with Crippen molar-refractivity contribution in [3.8, 4) is 0 Å². The van der Waals surface area contributed by atoms with Gasteiger partial charge in [-0.3, -0.25) is 9.69 Å². The lowest BCUT2D eigenvalue weighted by atomic mass is 9.89. The quantitative estimate of drug-likeness (QED) is 0.336. The minimum absolute atomic E-state index is 0.160. The Balaban J connectivity index is 1.93. The molecule has 0 unspecified atom stereocenters. The van der Waals surface area contributed by atoms with Crippen molar-refractivity contribution >= 4 is 5.97 Å². The molecule has 0 aliphatic rings. The Morgan fingerprint density at radius 2 is 1.29 bits per heavy atom. The van der Waals surface area contributed by atoms with Gasteiger partial charge in [0.1, 0.15) is 0 Å². The van der Waals surface area contributed by atoms with E-state index in [0.29, 0.717) is 32.4 Å². The lowest BCUT2D eigenvalue weighted by Gasteiger charge is -2.36. The van der Waals surface area contributed by atoms with Gasteiger partial charge in [0.25, 0.3) is 0 Å². The van der Waals surface area contributed by atoms with Crippen LogP contribution in [-0.4, -0.2) is 35.2 Å². The van der Waals surface area contributed by atoms with Crippen LogP contribution in [-0.2, 0) is 29.0 Å². The summed E-state index contributed by atoms with van der Waals surface area (Å²) in [6.07, 6.45) is 1.98. The van der Waals surface area contributed by atoms with E-state index >= 15 is 0 Å². The van der Waals surface area contributed by atoms with Crippen LogP contribution in [0.4, 0.5) is 0 Å². The largest absolute Gasteiger partial charge is 0.469 e. The average molecular weight is 460 g/mol. The lowest BCUT2D eigenvalue weighted by Crippen LogP contribution is -2.45. The number of nitrogens with zero attached hydrogens (tertiary/aromatic N) is 1. The highest BCUT2D eigenvalue weighted by Gasteiger charge is 2.31. The number of carbonyl (C=O) groups excluding carboxylic acids is 1. The van der Waals surface area contributed by atoms with Gasteiger partial charge in [0, 0.05) is 19.1 Å². The van der Waals surface area contributed by atoms with Crippen molar-refractivity contribution in [2.75, 3.05) is 7.11 Å². The Kier molecular flexibility index (Phi) is 10.3. The predicted octanol–water partition coefficient (Wildman–Crippen LogP) is 5.64. The van der Waals surface area contributed by atoms with Crippen LogP contribution < -0.4 is 0 Å². The third-order valence-electron chi connectivity index (χ3n) is 6.36. The molecule has 0 fully saturated rings. The summed E-state index contributed by atoms with van der Waals surface area (Å²) in [5.74, 6) is -0.546. The number of rotatable bonds is 13. The lowest BCUT2D eigenvalue weighted by molar-refractivity contribution is -0.147. The summed E-state index contributed by atoms with van der Waals surface area (Å²) >= 11 is 0. The van der Waals surface area contributed by atoms with Gasteiger partial charge in [-0.05, 0) is 36.0 Å². The third-order valence-corrected chi connectivity index (χ3v) is 6.36. The van der Waals surface area contributed by atoms with Crippen molar-refractivity contribution in [3.63, 3.8) is 0 Å². The van der Waals surface area contributed by atoms with Crippen LogP contribution in [0.3, 0.4) is 0 Å². The van der Waals surface area contributed by atoms with Crippen molar-refractivity contribution in [3.05, 3.63) is 108 Å². The minimum Gasteiger partial charge on any atom is -0.469 e. The van der Waals surface area contributed by atoms with Crippen molar-refractivity contribution in [2.45, 2.75) is 57.8 Å². The summed E-state index contributed by atoms with van der Waals surface area (Å²) in [5, 5.41) is 11.6. The van der Waals surface area contributed by atoms with E-state index in [4.69, 9.17) is 4.74 Å². The first kappa shape index (κ1) is 25.7. The Labute approximate surface area is 204 Å². The molecule has 34 heavy (non-hydrogen) atoms. The molecule has 0 aliphatic carbocycles. The van der Waals surface area contributed by atoms with Crippen LogP contribution in [0.5, 0.6) is 0 Å². The summed E-state index contributed by atoms with van der Waals surface area (Å²) in [7, 11) is 1.43. The van der Waals surface area contributed by atoms with Crippen molar-refractivity contribution in [1.29, 1.82) is 0 Å². The van der Waals surface area contributed by atoms with Crippen LogP contribution >= 0.6 is 0 Å². The van der Waals surface area contributed by atoms with Crippen LogP contribution in [0, 0.1) is 5.92 Å². The van der Waals surface area contributed by atoms with Crippen LogP contribution in [0.2, 0.25) is 0 Å². The van der Waals surface area contributed by atoms with Crippen molar-refractivity contribution in [2.24, 2.45) is 5.92 Å². The standard InChI is InChI=1S/C30H37NO3/c1-3-13-27(30(33)34-2)21-29(32)28(20-24-14-7-4-8-15-24)31(22-25-16-9-5-10-17-25)23-26-18-11-6-12-19-26/h4-12,14-19,27-29,32H,3,13,20-23H2,1-2H3/t27-,28+,29+/m1/s1. The maximum absolute atomic E-state index is 12.4. The first-order chi connectivity index (χ1) is 16.6. The molecule has 0 bridgehead atoms. The fourth-order valence-corrected chi connectivity index (χ4v) is 4.59. The fraction of sp³-hybridized carbons (Fsp3) is 0.367. The number of aliphatic hydroxyl groups excluding tert-OH is 1. The monoisotopic (exact) mass is 459 g/mol. The summed E-state index contributed by atoms with van der Waals surface area (Å²) in [5.41, 5.74) is 3.56. The van der Waals surface area contributed by atoms with E-state index in [1.807, 2.05) is 54.6 Å². The minimum atomic E-state index is -0.678. The summed E-state index contributed by atoms with van der Waals surface area (Å²) in [4.78, 5) is 14.8. The van der Waals surface area contributed by atoms with E-state index in [1.165, 1.54) is 23.8 Å². The number of hydrogen-bond acceptors (Lipinski definition) is 4. The first-order valence-electron chi connectivity index (χ1n) is 12.2. The predicted molar refractivity (Wildman–Crippen MR) is 137 cm³/mol. The molecule has 0 radical (unpaired) electrons. The number of ether oxygens (including phenoxy) is 1. The van der Waals surface area contributed by atoms with Gasteiger partial charge < -0.3 is 9.84 Å². The van der Waals surface area contributed by atoms with Gasteiger partial charge in [-0.25, -0.2) is 0 Å². The molecule has 180 valence electrons. The highest BCUT2D eigenvalue weighted by Crippen LogP contribution is 2.25. The maximum Gasteiger partial charge on any atom is 0.308 e. The molecular weight excluding hydrogens is 422 g/mol. The highest BCUT2D eigenvalue weighted by atomic mass is 16.5. The first-order valence-corrected chi connectivity index (χ1v) is 12.2. The highest BCUT2D eigenvalue weighted by molar-refractivity contribution is 5.72. The average Bonchev–Trinajstić information content (AvgIpc) is 2.88. The molecule has 0 heterocycles. The Morgan fingerprint density at radius 1 is 0.824 bits per heavy atom. The van der Waals surface area contributed by atoms with Gasteiger partial charge in [0.05, 0.1) is 19.1 Å². The Hall–Kier alpha value is -2.95. The van der Waals surface area contributed by atoms with Gasteiger partial charge >= 0.3 is 5.97 Å². The zero-order chi connectivity index (χ0) is 24.2. The molecule has 4 nitrogen and oxygen atoms in total. The number of esters is 1. The number of carbonyl (C=O) groups is 1. The Bertz CT molecular complexity index is 921. The van der Waals surface area contributed by atoms with Crippen LogP contribution in [0.25, 0.3) is 0 Å². The SMILES string of the molecule is CCC[C@H](C[C@H](O)[C@H](Cc1ccccc1)N(Cc1ccccc1)Cc1ccccc1)C(=O)OC. The summed E-state index contributed by atoms with van der Waals surface area (Å²) in [6.45, 7) is 3.48. The van der Waals surface area contributed by atoms with Gasteiger partial charge in [-0.1, -0.05) is 104 Å². The van der Waals surface area contributed by atoms with E-state index in [-0.39, 0.29) is 17.9 Å². The maximum atomic E-state index is 12.4. The number of benzene rings is 3. The van der Waals surface area contributed by atoms with E-state index in [9.17, 15) is 9.90 Å². The topological polar surface area (TPSA) is 49.8 Å². The molecule has 0 amide bonds. The molecule has 0 saturated heterocycles. The van der Waals surface area contributed by atoms with Crippen LogP contribution in [0.1, 0.15) is 42.9 Å². The zero-order valence-electron chi connectivity index (χ0n) is 20.3. The molecule has 3 aromatic rings. The number of aliphatic hydroxyl groups is 1. The molecular formula is C30H37NO3. The van der Waals surface area contributed by atoms with Crippen molar-refractivity contribution in [1.82, 2.24) is 4.90 Å². The second kappa shape index (κ2) is 13.7. The smallest absolute Gasteiger partial charge is 0.308 e. The molecule has 4 heteroatoms. The molecule has 0 aliphatic heterocycles. The van der Waals surface area contributed by atoms with Crippen molar-refractivity contribution < 1.29 is 14.6 Å². The summed E-state index contributed by atoms with van der Waals surface area (Å²) < 4.78 is 5.05. The van der Waals surface area contributed by atoms with E-state index in [2.05, 4.69) is 48.2 Å². The van der Waals surface area contributed by atoms with E-state index < -0.39 is 6.10 Å². The third kappa shape index (κ3) is 7.82. The normalized spacial score (nSPS) is 13.9. The van der Waals surface area contributed by atoms with Gasteiger partial charge in [0.2, 0.25) is 0 Å². The molecule has 3 rings (SSSR count). The second-order valence-corrected chi connectivity index (χ2v) is 8.95. The van der Waals surface area contributed by atoms with E-state index in [0.717, 1.165) is 6.42 Å². The summed E-state index contributed by atoms with van der Waals surface area (Å²) in [6, 6.07) is 30.9. The number of hydrogen-bond donors (Lipinski definition) is 1. The molecule has 0 saturated carbocycles. The Morgan fingerprint density at radius 3 is 1.74 bits per heavy atom. The fourth-order valence-electron chi connectivity index (χ4n) is 4.59. The second-order valence-electron chi connectivity index (χ2n) is 8.95. The van der Waals surface area contributed by atoms with Gasteiger partial charge in [-0.2, -0.15) is 0 Å². The zero-order valence-corrected chi connectivity index (χ0v) is 20.3. The van der Waals surface area contributed by atoms with Gasteiger partial charge in [0.15, 0.2) is 0 Å². The molecule has 0 spiro atoms.